The van der Waals surface area contributed by atoms with Crippen LogP contribution in [-0.4, -0.2) is 29.8 Å². The van der Waals surface area contributed by atoms with Crippen molar-refractivity contribution in [3.8, 4) is 0 Å². The Morgan fingerprint density at radius 2 is 1.65 bits per heavy atom. The fraction of sp³-hybridized carbons (Fsp3) is 0.333. The molecule has 1 fully saturated rings. The number of anilines is 1. The van der Waals surface area contributed by atoms with Gasteiger partial charge in [-0.2, -0.15) is 0 Å². The fourth-order valence-corrected chi connectivity index (χ4v) is 3.44. The highest BCUT2D eigenvalue weighted by atomic mass is 35.5. The van der Waals surface area contributed by atoms with Gasteiger partial charge in [0, 0.05) is 24.5 Å². The van der Waals surface area contributed by atoms with E-state index in [0.29, 0.717) is 29.1 Å². The number of nitrogens with zero attached hydrogens (tertiary/aromatic N) is 1. The predicted octanol–water partition coefficient (Wildman–Crippen LogP) is 4.54. The van der Waals surface area contributed by atoms with Gasteiger partial charge in [-0.1, -0.05) is 41.9 Å². The average molecular weight is 371 g/mol. The second-order valence-electron chi connectivity index (χ2n) is 6.54. The average Bonchev–Trinajstić information content (AvgIpc) is 2.68. The van der Waals surface area contributed by atoms with Crippen LogP contribution in [0.1, 0.15) is 41.6 Å². The van der Waals surface area contributed by atoms with Crippen molar-refractivity contribution in [1.29, 1.82) is 0 Å². The summed E-state index contributed by atoms with van der Waals surface area (Å²) >= 11 is 6.14. The molecule has 0 unspecified atom stereocenters. The van der Waals surface area contributed by atoms with Gasteiger partial charge in [-0.15, -0.1) is 0 Å². The van der Waals surface area contributed by atoms with Crippen LogP contribution < -0.4 is 5.32 Å². The number of para-hydroxylation sites is 1. The molecule has 0 aliphatic carbocycles. The van der Waals surface area contributed by atoms with E-state index < -0.39 is 0 Å². The number of carbonyl (C=O) groups is 2. The van der Waals surface area contributed by atoms with Crippen LogP contribution in [-0.2, 0) is 11.2 Å². The quantitative estimate of drug-likeness (QED) is 0.840. The highest BCUT2D eigenvalue weighted by Gasteiger charge is 2.21. The van der Waals surface area contributed by atoms with Gasteiger partial charge in [0.15, 0.2) is 0 Å². The number of rotatable bonds is 5. The molecular weight excluding hydrogens is 348 g/mol. The molecule has 0 radical (unpaired) electrons. The number of amides is 2. The molecule has 0 bridgehead atoms. The third kappa shape index (κ3) is 4.64. The van der Waals surface area contributed by atoms with E-state index in [0.717, 1.165) is 31.5 Å². The molecule has 1 heterocycles. The van der Waals surface area contributed by atoms with Crippen LogP contribution in [0.5, 0.6) is 0 Å². The van der Waals surface area contributed by atoms with Crippen LogP contribution in [0.2, 0.25) is 5.02 Å². The van der Waals surface area contributed by atoms with Crippen LogP contribution in [0.4, 0.5) is 5.69 Å². The number of hydrogen-bond donors (Lipinski definition) is 1. The molecule has 136 valence electrons. The lowest BCUT2D eigenvalue weighted by Gasteiger charge is -2.27. The van der Waals surface area contributed by atoms with Crippen LogP contribution in [0.15, 0.2) is 48.5 Å². The summed E-state index contributed by atoms with van der Waals surface area (Å²) in [6, 6.07) is 14.7. The van der Waals surface area contributed by atoms with E-state index >= 15 is 0 Å². The van der Waals surface area contributed by atoms with Gasteiger partial charge < -0.3 is 10.2 Å². The normalized spacial score (nSPS) is 14.1. The lowest BCUT2D eigenvalue weighted by atomic mass is 10.1. The number of hydrogen-bond acceptors (Lipinski definition) is 2. The van der Waals surface area contributed by atoms with Crippen LogP contribution >= 0.6 is 11.6 Å². The second-order valence-corrected chi connectivity index (χ2v) is 6.95. The summed E-state index contributed by atoms with van der Waals surface area (Å²) in [5.41, 5.74) is 2.08. The molecule has 3 rings (SSSR count). The summed E-state index contributed by atoms with van der Waals surface area (Å²) in [7, 11) is 0. The minimum Gasteiger partial charge on any atom is -0.339 e. The van der Waals surface area contributed by atoms with Gasteiger partial charge in [0.25, 0.3) is 5.91 Å². The highest BCUT2D eigenvalue weighted by molar-refractivity contribution is 6.31. The lowest BCUT2D eigenvalue weighted by Crippen LogP contribution is -2.36. The minimum absolute atomic E-state index is 0.00768. The Morgan fingerprint density at radius 1 is 0.962 bits per heavy atom. The number of benzene rings is 2. The summed E-state index contributed by atoms with van der Waals surface area (Å²) in [6.07, 6.45) is 4.13. The molecular formula is C21H23ClN2O2. The molecule has 0 saturated carbocycles. The van der Waals surface area contributed by atoms with Crippen molar-refractivity contribution >= 4 is 29.1 Å². The Labute approximate surface area is 159 Å². The maximum absolute atomic E-state index is 12.8. The SMILES string of the molecule is O=C(CCc1ccccc1Cl)Nc1ccccc1C(=O)N1CCCCC1. The zero-order valence-corrected chi connectivity index (χ0v) is 15.5. The first-order valence-corrected chi connectivity index (χ1v) is 9.44. The number of halogens is 1. The van der Waals surface area contributed by atoms with Crippen molar-refractivity contribution in [3.63, 3.8) is 0 Å². The first-order valence-electron chi connectivity index (χ1n) is 9.07. The molecule has 1 aliphatic rings. The summed E-state index contributed by atoms with van der Waals surface area (Å²) in [5, 5.41) is 3.56. The lowest BCUT2D eigenvalue weighted by molar-refractivity contribution is -0.116. The van der Waals surface area contributed by atoms with Crippen molar-refractivity contribution in [2.75, 3.05) is 18.4 Å². The van der Waals surface area contributed by atoms with Gasteiger partial charge in [0.1, 0.15) is 0 Å². The molecule has 1 aliphatic heterocycles. The van der Waals surface area contributed by atoms with Crippen molar-refractivity contribution in [2.24, 2.45) is 0 Å². The number of piperidine rings is 1. The van der Waals surface area contributed by atoms with Crippen molar-refractivity contribution in [2.45, 2.75) is 32.1 Å². The van der Waals surface area contributed by atoms with Crippen molar-refractivity contribution in [3.05, 3.63) is 64.7 Å². The van der Waals surface area contributed by atoms with Crippen molar-refractivity contribution in [1.82, 2.24) is 4.90 Å². The third-order valence-corrected chi connectivity index (χ3v) is 5.02. The Bertz CT molecular complexity index is 785. The smallest absolute Gasteiger partial charge is 0.255 e. The third-order valence-electron chi connectivity index (χ3n) is 4.65. The summed E-state index contributed by atoms with van der Waals surface area (Å²) in [4.78, 5) is 27.0. The fourth-order valence-electron chi connectivity index (χ4n) is 3.21. The molecule has 26 heavy (non-hydrogen) atoms. The topological polar surface area (TPSA) is 49.4 Å². The molecule has 2 aromatic carbocycles. The van der Waals surface area contributed by atoms with E-state index in [1.807, 2.05) is 41.3 Å². The zero-order valence-electron chi connectivity index (χ0n) is 14.7. The molecule has 1 N–H and O–H groups in total. The molecule has 0 atom stereocenters. The summed E-state index contributed by atoms with van der Waals surface area (Å²) in [5.74, 6) is -0.129. The van der Waals surface area contributed by atoms with Crippen LogP contribution in [0.25, 0.3) is 0 Å². The number of likely N-dealkylation sites (tertiary alicyclic amines) is 1. The Balaban J connectivity index is 1.65. The molecule has 0 aromatic heterocycles. The molecule has 5 heteroatoms. The van der Waals surface area contributed by atoms with E-state index in [2.05, 4.69) is 5.32 Å². The Kier molecular flexibility index (Phi) is 6.29. The standard InChI is InChI=1S/C21H23ClN2O2/c22-18-10-4-2-8-16(18)12-13-20(25)23-19-11-5-3-9-17(19)21(26)24-14-6-1-7-15-24/h2-5,8-11H,1,6-7,12-15H2,(H,23,25). The number of nitrogens with one attached hydrogen (secondary N) is 1. The minimum atomic E-state index is -0.121. The largest absolute Gasteiger partial charge is 0.339 e. The van der Waals surface area contributed by atoms with Gasteiger partial charge in [-0.05, 0) is 49.4 Å². The van der Waals surface area contributed by atoms with E-state index in [-0.39, 0.29) is 11.8 Å². The predicted molar refractivity (Wildman–Crippen MR) is 105 cm³/mol. The highest BCUT2D eigenvalue weighted by Crippen LogP contribution is 2.21. The zero-order chi connectivity index (χ0) is 18.4. The van der Waals surface area contributed by atoms with E-state index in [9.17, 15) is 9.59 Å². The first-order chi connectivity index (χ1) is 12.6. The van der Waals surface area contributed by atoms with E-state index in [1.165, 1.54) is 6.42 Å². The van der Waals surface area contributed by atoms with Gasteiger partial charge in [-0.3, -0.25) is 9.59 Å². The van der Waals surface area contributed by atoms with E-state index in [4.69, 9.17) is 11.6 Å². The van der Waals surface area contributed by atoms with E-state index in [1.54, 1.807) is 12.1 Å². The second kappa shape index (κ2) is 8.86. The van der Waals surface area contributed by atoms with Gasteiger partial charge in [0.2, 0.25) is 5.91 Å². The number of carbonyl (C=O) groups excluding carboxylic acids is 2. The number of aryl methyl sites for hydroxylation is 1. The molecule has 0 spiro atoms. The van der Waals surface area contributed by atoms with Crippen LogP contribution in [0, 0.1) is 0 Å². The maximum atomic E-state index is 12.8. The summed E-state index contributed by atoms with van der Waals surface area (Å²) in [6.45, 7) is 1.57. The molecule has 4 nitrogen and oxygen atoms in total. The monoisotopic (exact) mass is 370 g/mol. The van der Waals surface area contributed by atoms with Gasteiger partial charge in [0.05, 0.1) is 11.3 Å². The molecule has 1 saturated heterocycles. The van der Waals surface area contributed by atoms with Crippen molar-refractivity contribution < 1.29 is 9.59 Å². The van der Waals surface area contributed by atoms with Gasteiger partial charge >= 0.3 is 0 Å². The Hall–Kier alpha value is -2.33. The first kappa shape index (κ1) is 18.5. The molecule has 2 aromatic rings. The van der Waals surface area contributed by atoms with Gasteiger partial charge in [-0.25, -0.2) is 0 Å². The summed E-state index contributed by atoms with van der Waals surface area (Å²) < 4.78 is 0. The Morgan fingerprint density at radius 3 is 2.42 bits per heavy atom. The molecule has 2 amide bonds. The maximum Gasteiger partial charge on any atom is 0.255 e. The van der Waals surface area contributed by atoms with Crippen LogP contribution in [0.3, 0.4) is 0 Å².